The molecule has 0 saturated heterocycles. The largest absolute Gasteiger partial charge is 0.353 e. The molecule has 2 N–H and O–H groups in total. The molecule has 1 atom stereocenters. The SMILES string of the molecule is O=C(CCC(=O)NC1CCCCCC1)NC(CS)CCS. The van der Waals surface area contributed by atoms with Gasteiger partial charge in [-0.2, -0.15) is 25.3 Å². The van der Waals surface area contributed by atoms with Crippen molar-refractivity contribution in [3.63, 3.8) is 0 Å². The number of carbonyl (C=O) groups excluding carboxylic acids is 2. The first-order valence-corrected chi connectivity index (χ1v) is 9.22. The number of hydrogen-bond donors (Lipinski definition) is 4. The third-order valence-corrected chi connectivity index (χ3v) is 4.56. The Hall–Kier alpha value is -0.360. The highest BCUT2D eigenvalue weighted by atomic mass is 32.1. The van der Waals surface area contributed by atoms with Gasteiger partial charge in [-0.15, -0.1) is 0 Å². The van der Waals surface area contributed by atoms with Crippen LogP contribution in [0.15, 0.2) is 0 Å². The lowest BCUT2D eigenvalue weighted by molar-refractivity contribution is -0.127. The van der Waals surface area contributed by atoms with Crippen molar-refractivity contribution in [3.8, 4) is 0 Å². The lowest BCUT2D eigenvalue weighted by Crippen LogP contribution is -2.38. The van der Waals surface area contributed by atoms with Gasteiger partial charge in [-0.05, 0) is 25.0 Å². The number of carbonyl (C=O) groups is 2. The van der Waals surface area contributed by atoms with Gasteiger partial charge in [-0.3, -0.25) is 9.59 Å². The van der Waals surface area contributed by atoms with E-state index in [0.717, 1.165) is 19.3 Å². The summed E-state index contributed by atoms with van der Waals surface area (Å²) in [5.74, 6) is 1.23. The van der Waals surface area contributed by atoms with Crippen LogP contribution >= 0.6 is 25.3 Å². The number of amides is 2. The fourth-order valence-electron chi connectivity index (χ4n) is 2.62. The maximum Gasteiger partial charge on any atom is 0.220 e. The topological polar surface area (TPSA) is 58.2 Å². The highest BCUT2D eigenvalue weighted by molar-refractivity contribution is 7.80. The number of thiol groups is 2. The third kappa shape index (κ3) is 8.61. The summed E-state index contributed by atoms with van der Waals surface area (Å²) in [5, 5.41) is 5.95. The number of nitrogens with one attached hydrogen (secondary N) is 2. The van der Waals surface area contributed by atoms with Crippen molar-refractivity contribution < 1.29 is 9.59 Å². The molecule has 1 unspecified atom stereocenters. The second-order valence-corrected chi connectivity index (χ2v) is 6.53. The summed E-state index contributed by atoms with van der Waals surface area (Å²) >= 11 is 8.36. The molecule has 122 valence electrons. The van der Waals surface area contributed by atoms with Crippen LogP contribution in [0.2, 0.25) is 0 Å². The second kappa shape index (κ2) is 11.2. The van der Waals surface area contributed by atoms with E-state index in [4.69, 9.17) is 0 Å². The van der Waals surface area contributed by atoms with Gasteiger partial charge in [-0.25, -0.2) is 0 Å². The summed E-state index contributed by atoms with van der Waals surface area (Å²) in [6.07, 6.45) is 8.38. The van der Waals surface area contributed by atoms with Crippen LogP contribution in [0, 0.1) is 0 Å². The van der Waals surface area contributed by atoms with E-state index in [1.807, 2.05) is 0 Å². The van der Waals surface area contributed by atoms with E-state index >= 15 is 0 Å². The van der Waals surface area contributed by atoms with Crippen molar-refractivity contribution in [2.45, 2.75) is 69.9 Å². The monoisotopic (exact) mass is 332 g/mol. The fourth-order valence-corrected chi connectivity index (χ4v) is 3.20. The summed E-state index contributed by atoms with van der Waals surface area (Å²) in [6.45, 7) is 0. The van der Waals surface area contributed by atoms with Crippen LogP contribution in [0.4, 0.5) is 0 Å². The first-order valence-electron chi connectivity index (χ1n) is 7.96. The van der Waals surface area contributed by atoms with Gasteiger partial charge in [0.15, 0.2) is 0 Å². The van der Waals surface area contributed by atoms with Crippen molar-refractivity contribution in [1.82, 2.24) is 10.6 Å². The van der Waals surface area contributed by atoms with Crippen molar-refractivity contribution in [2.24, 2.45) is 0 Å². The van der Waals surface area contributed by atoms with Gasteiger partial charge in [-0.1, -0.05) is 25.7 Å². The minimum Gasteiger partial charge on any atom is -0.353 e. The average molecular weight is 333 g/mol. The van der Waals surface area contributed by atoms with Crippen LogP contribution in [0.25, 0.3) is 0 Å². The molecule has 0 aromatic heterocycles. The standard InChI is InChI=1S/C15H28N2O2S2/c18-14(16-12-5-3-1-2-4-6-12)7-8-15(19)17-13(11-21)9-10-20/h12-13,20-21H,1-11H2,(H,16,18)(H,17,19). The molecule has 0 bridgehead atoms. The van der Waals surface area contributed by atoms with E-state index in [-0.39, 0.29) is 30.7 Å². The number of rotatable bonds is 8. The summed E-state index contributed by atoms with van der Waals surface area (Å²) in [6, 6.07) is 0.348. The van der Waals surface area contributed by atoms with E-state index in [1.165, 1.54) is 25.7 Å². The highest BCUT2D eigenvalue weighted by Gasteiger charge is 2.16. The lowest BCUT2D eigenvalue weighted by Gasteiger charge is -2.17. The van der Waals surface area contributed by atoms with Crippen LogP contribution in [-0.4, -0.2) is 35.4 Å². The highest BCUT2D eigenvalue weighted by Crippen LogP contribution is 2.17. The smallest absolute Gasteiger partial charge is 0.220 e. The average Bonchev–Trinajstić information content (AvgIpc) is 2.73. The van der Waals surface area contributed by atoms with E-state index in [9.17, 15) is 9.59 Å². The van der Waals surface area contributed by atoms with Crippen molar-refractivity contribution in [3.05, 3.63) is 0 Å². The van der Waals surface area contributed by atoms with Gasteiger partial charge in [0.1, 0.15) is 0 Å². The summed E-state index contributed by atoms with van der Waals surface area (Å²) < 4.78 is 0. The zero-order valence-electron chi connectivity index (χ0n) is 12.6. The predicted molar refractivity (Wildman–Crippen MR) is 93.1 cm³/mol. The first-order chi connectivity index (χ1) is 10.2. The molecular weight excluding hydrogens is 304 g/mol. The zero-order chi connectivity index (χ0) is 15.5. The van der Waals surface area contributed by atoms with Gasteiger partial charge in [0.25, 0.3) is 0 Å². The Labute approximate surface area is 139 Å². The Morgan fingerprint density at radius 2 is 1.62 bits per heavy atom. The van der Waals surface area contributed by atoms with Gasteiger partial charge < -0.3 is 10.6 Å². The fraction of sp³-hybridized carbons (Fsp3) is 0.867. The molecule has 6 heteroatoms. The van der Waals surface area contributed by atoms with Crippen LogP contribution < -0.4 is 10.6 Å². The molecule has 0 spiro atoms. The summed E-state index contributed by atoms with van der Waals surface area (Å²) in [4.78, 5) is 23.7. The van der Waals surface area contributed by atoms with Crippen molar-refractivity contribution in [1.29, 1.82) is 0 Å². The van der Waals surface area contributed by atoms with E-state index in [2.05, 4.69) is 35.9 Å². The minimum absolute atomic E-state index is 0.00586. The first kappa shape index (κ1) is 18.7. The molecule has 0 heterocycles. The molecule has 1 aliphatic carbocycles. The van der Waals surface area contributed by atoms with Crippen LogP contribution in [0.3, 0.4) is 0 Å². The number of hydrogen-bond acceptors (Lipinski definition) is 4. The Balaban J connectivity index is 2.20. The lowest BCUT2D eigenvalue weighted by atomic mass is 10.1. The summed E-state index contributed by atoms with van der Waals surface area (Å²) in [7, 11) is 0. The molecule has 21 heavy (non-hydrogen) atoms. The van der Waals surface area contributed by atoms with Crippen LogP contribution in [-0.2, 0) is 9.59 Å². The maximum atomic E-state index is 11.9. The van der Waals surface area contributed by atoms with Gasteiger partial charge in [0, 0.05) is 30.7 Å². The van der Waals surface area contributed by atoms with Gasteiger partial charge in [0.05, 0.1) is 0 Å². The van der Waals surface area contributed by atoms with E-state index < -0.39 is 0 Å². The molecule has 0 aromatic rings. The Kier molecular flexibility index (Phi) is 10.0. The summed E-state index contributed by atoms with van der Waals surface area (Å²) in [5.41, 5.74) is 0. The zero-order valence-corrected chi connectivity index (χ0v) is 14.4. The van der Waals surface area contributed by atoms with Crippen LogP contribution in [0.5, 0.6) is 0 Å². The van der Waals surface area contributed by atoms with Gasteiger partial charge >= 0.3 is 0 Å². The molecule has 0 aliphatic heterocycles. The predicted octanol–water partition coefficient (Wildman–Crippen LogP) is 2.34. The maximum absolute atomic E-state index is 11.9. The molecule has 1 fully saturated rings. The van der Waals surface area contributed by atoms with Crippen molar-refractivity contribution >= 4 is 37.1 Å². The Bertz CT molecular complexity index is 319. The molecule has 0 radical (unpaired) electrons. The Morgan fingerprint density at radius 3 is 2.19 bits per heavy atom. The molecular formula is C15H28N2O2S2. The Morgan fingerprint density at radius 1 is 1.00 bits per heavy atom. The quantitative estimate of drug-likeness (QED) is 0.407. The molecule has 0 aromatic carbocycles. The molecule has 1 saturated carbocycles. The minimum atomic E-state index is -0.0770. The van der Waals surface area contributed by atoms with Crippen LogP contribution in [0.1, 0.15) is 57.8 Å². The molecule has 2 amide bonds. The molecule has 4 nitrogen and oxygen atoms in total. The molecule has 1 aliphatic rings. The van der Waals surface area contributed by atoms with E-state index in [1.54, 1.807) is 0 Å². The van der Waals surface area contributed by atoms with Gasteiger partial charge in [0.2, 0.25) is 11.8 Å². The van der Waals surface area contributed by atoms with E-state index in [0.29, 0.717) is 17.5 Å². The third-order valence-electron chi connectivity index (χ3n) is 3.86. The normalized spacial score (nSPS) is 17.8. The van der Waals surface area contributed by atoms with Crippen molar-refractivity contribution in [2.75, 3.05) is 11.5 Å². The molecule has 1 rings (SSSR count). The second-order valence-electron chi connectivity index (χ2n) is 5.72.